The van der Waals surface area contributed by atoms with Crippen molar-refractivity contribution in [2.75, 3.05) is 6.54 Å². The van der Waals surface area contributed by atoms with Gasteiger partial charge in [0.25, 0.3) is 0 Å². The van der Waals surface area contributed by atoms with Crippen molar-refractivity contribution in [2.24, 2.45) is 5.41 Å². The Bertz CT molecular complexity index is 345. The fraction of sp³-hybridized carbons (Fsp3) is 0.364. The van der Waals surface area contributed by atoms with Gasteiger partial charge in [0.1, 0.15) is 4.99 Å². The molecule has 0 bridgehead atoms. The Balaban J connectivity index is 2.47. The molecule has 1 N–H and O–H groups in total. The van der Waals surface area contributed by atoms with Crippen LogP contribution in [-0.2, 0) is 0 Å². The quantitative estimate of drug-likeness (QED) is 0.590. The van der Waals surface area contributed by atoms with Crippen molar-refractivity contribution in [1.82, 2.24) is 5.32 Å². The number of allylic oxidation sites excluding steroid dienone is 4. The Morgan fingerprint density at radius 2 is 2.23 bits per heavy atom. The maximum Gasteiger partial charge on any atom is 0.107 e. The van der Waals surface area contributed by atoms with E-state index in [-0.39, 0.29) is 5.41 Å². The molecule has 0 unspecified atom stereocenters. The van der Waals surface area contributed by atoms with Crippen LogP contribution in [0.5, 0.6) is 0 Å². The zero-order valence-electron chi connectivity index (χ0n) is 7.92. The van der Waals surface area contributed by atoms with Crippen molar-refractivity contribution in [3.63, 3.8) is 0 Å². The molecule has 0 spiro atoms. The molecule has 0 radical (unpaired) electrons. The van der Waals surface area contributed by atoms with Crippen LogP contribution < -0.4 is 5.32 Å². The van der Waals surface area contributed by atoms with Crippen molar-refractivity contribution in [2.45, 2.75) is 13.8 Å². The van der Waals surface area contributed by atoms with E-state index in [2.05, 4.69) is 43.5 Å². The zero-order valence-corrected chi connectivity index (χ0v) is 8.74. The van der Waals surface area contributed by atoms with Crippen LogP contribution >= 0.6 is 12.2 Å². The van der Waals surface area contributed by atoms with Gasteiger partial charge < -0.3 is 5.32 Å². The summed E-state index contributed by atoms with van der Waals surface area (Å²) in [5.74, 6) is 0. The molecular weight excluding hydrogens is 178 g/mol. The maximum absolute atomic E-state index is 5.20. The van der Waals surface area contributed by atoms with Gasteiger partial charge in [-0.3, -0.25) is 0 Å². The Kier molecular flexibility index (Phi) is 1.88. The molecule has 1 aliphatic carbocycles. The highest BCUT2D eigenvalue weighted by atomic mass is 32.1. The van der Waals surface area contributed by atoms with Crippen LogP contribution in [0.15, 0.2) is 35.5 Å². The molecule has 1 saturated heterocycles. The summed E-state index contributed by atoms with van der Waals surface area (Å²) < 4.78 is 0. The second-order valence-corrected chi connectivity index (χ2v) is 4.52. The molecule has 2 aliphatic rings. The first-order chi connectivity index (χ1) is 6.08. The normalized spacial score (nSPS) is 24.3. The summed E-state index contributed by atoms with van der Waals surface area (Å²) in [7, 11) is 0. The van der Waals surface area contributed by atoms with E-state index in [0.29, 0.717) is 0 Å². The van der Waals surface area contributed by atoms with Crippen molar-refractivity contribution >= 4 is 17.2 Å². The average Bonchev–Trinajstić information content (AvgIpc) is 2.31. The molecule has 0 atom stereocenters. The van der Waals surface area contributed by atoms with E-state index in [9.17, 15) is 0 Å². The molecule has 1 nitrogen and oxygen atoms in total. The molecule has 0 amide bonds. The maximum atomic E-state index is 5.20. The van der Waals surface area contributed by atoms with E-state index in [4.69, 9.17) is 12.2 Å². The molecule has 0 aromatic carbocycles. The molecule has 0 aromatic rings. The van der Waals surface area contributed by atoms with Crippen molar-refractivity contribution in [3.8, 4) is 0 Å². The van der Waals surface area contributed by atoms with Crippen LogP contribution in [0.2, 0.25) is 0 Å². The molecule has 0 aromatic heterocycles. The van der Waals surface area contributed by atoms with E-state index in [1.807, 2.05) is 0 Å². The van der Waals surface area contributed by atoms with Gasteiger partial charge in [0.05, 0.1) is 0 Å². The van der Waals surface area contributed by atoms with Gasteiger partial charge in [-0.1, -0.05) is 50.4 Å². The lowest BCUT2D eigenvalue weighted by molar-refractivity contribution is 0.622. The highest BCUT2D eigenvalue weighted by molar-refractivity contribution is 7.80. The van der Waals surface area contributed by atoms with Gasteiger partial charge in [-0.05, 0) is 5.57 Å². The minimum absolute atomic E-state index is 0.148. The summed E-state index contributed by atoms with van der Waals surface area (Å²) in [5.41, 5.74) is 2.67. The monoisotopic (exact) mass is 191 g/mol. The Labute approximate surface area is 84.2 Å². The largest absolute Gasteiger partial charge is 0.372 e. The standard InChI is InChI=1S/C11H13NS/c1-11(2)5-3-4-9-8(6-11)7-12-10(9)13/h3-6H,7H2,1-2H3,(H,12,13). The average molecular weight is 191 g/mol. The summed E-state index contributed by atoms with van der Waals surface area (Å²) in [4.78, 5) is 0.883. The Hall–Kier alpha value is -0.890. The van der Waals surface area contributed by atoms with E-state index in [0.717, 1.165) is 11.5 Å². The first-order valence-electron chi connectivity index (χ1n) is 4.48. The van der Waals surface area contributed by atoms with E-state index >= 15 is 0 Å². The van der Waals surface area contributed by atoms with Crippen LogP contribution in [0.3, 0.4) is 0 Å². The van der Waals surface area contributed by atoms with Gasteiger partial charge in [-0.25, -0.2) is 0 Å². The third kappa shape index (κ3) is 1.59. The summed E-state index contributed by atoms with van der Waals surface area (Å²) in [6.07, 6.45) is 8.68. The second-order valence-electron chi connectivity index (χ2n) is 4.11. The summed E-state index contributed by atoms with van der Waals surface area (Å²) in [6, 6.07) is 0. The van der Waals surface area contributed by atoms with E-state index < -0.39 is 0 Å². The predicted molar refractivity (Wildman–Crippen MR) is 59.7 cm³/mol. The minimum atomic E-state index is 0.148. The number of fused-ring (bicyclic) bond motifs is 1. The van der Waals surface area contributed by atoms with Gasteiger partial charge in [0, 0.05) is 17.5 Å². The first kappa shape index (κ1) is 8.70. The second kappa shape index (κ2) is 2.81. The highest BCUT2D eigenvalue weighted by Gasteiger charge is 2.22. The number of nitrogens with one attached hydrogen (secondary N) is 1. The lowest BCUT2D eigenvalue weighted by Gasteiger charge is -2.14. The smallest absolute Gasteiger partial charge is 0.107 e. The lowest BCUT2D eigenvalue weighted by Crippen LogP contribution is -2.12. The fourth-order valence-electron chi connectivity index (χ4n) is 1.71. The van der Waals surface area contributed by atoms with Gasteiger partial charge >= 0.3 is 0 Å². The van der Waals surface area contributed by atoms with E-state index in [1.165, 1.54) is 11.1 Å². The first-order valence-corrected chi connectivity index (χ1v) is 4.89. The predicted octanol–water partition coefficient (Wildman–Crippen LogP) is 2.37. The molecule has 2 heteroatoms. The van der Waals surface area contributed by atoms with Crippen LogP contribution in [0.25, 0.3) is 0 Å². The van der Waals surface area contributed by atoms with Gasteiger partial charge in [-0.2, -0.15) is 0 Å². The van der Waals surface area contributed by atoms with Gasteiger partial charge in [-0.15, -0.1) is 0 Å². The third-order valence-corrected chi connectivity index (χ3v) is 2.73. The Morgan fingerprint density at radius 3 is 3.00 bits per heavy atom. The van der Waals surface area contributed by atoms with Crippen molar-refractivity contribution in [3.05, 3.63) is 35.5 Å². The topological polar surface area (TPSA) is 12.0 Å². The summed E-state index contributed by atoms with van der Waals surface area (Å²) in [5, 5.41) is 3.19. The number of thiocarbonyl (C=S) groups is 1. The van der Waals surface area contributed by atoms with Crippen LogP contribution in [0, 0.1) is 5.41 Å². The molecule has 13 heavy (non-hydrogen) atoms. The fourth-order valence-corrected chi connectivity index (χ4v) is 1.98. The third-order valence-electron chi connectivity index (χ3n) is 2.36. The van der Waals surface area contributed by atoms with E-state index in [1.54, 1.807) is 0 Å². The Morgan fingerprint density at radius 1 is 1.46 bits per heavy atom. The molecule has 1 fully saturated rings. The molecular formula is C11H13NS. The molecule has 0 saturated carbocycles. The van der Waals surface area contributed by atoms with Crippen molar-refractivity contribution in [1.29, 1.82) is 0 Å². The molecule has 68 valence electrons. The highest BCUT2D eigenvalue weighted by Crippen LogP contribution is 2.29. The number of hydrogen-bond acceptors (Lipinski definition) is 1. The minimum Gasteiger partial charge on any atom is -0.372 e. The molecule has 1 aliphatic heterocycles. The van der Waals surface area contributed by atoms with Crippen molar-refractivity contribution < 1.29 is 0 Å². The summed E-state index contributed by atoms with van der Waals surface area (Å²) in [6.45, 7) is 5.29. The van der Waals surface area contributed by atoms with Gasteiger partial charge in [0.2, 0.25) is 0 Å². The number of rotatable bonds is 0. The molecule has 2 rings (SSSR count). The van der Waals surface area contributed by atoms with Crippen LogP contribution in [-0.4, -0.2) is 11.5 Å². The van der Waals surface area contributed by atoms with Gasteiger partial charge in [0.15, 0.2) is 0 Å². The lowest BCUT2D eigenvalue weighted by atomic mass is 9.91. The molecule has 1 heterocycles. The number of hydrogen-bond donors (Lipinski definition) is 1. The van der Waals surface area contributed by atoms with Crippen LogP contribution in [0.1, 0.15) is 13.8 Å². The van der Waals surface area contributed by atoms with Crippen LogP contribution in [0.4, 0.5) is 0 Å². The zero-order chi connectivity index (χ0) is 9.47. The SMILES string of the molecule is CC1(C)C=CC=C2C(=S)NCC2=C1. The summed E-state index contributed by atoms with van der Waals surface area (Å²) >= 11 is 5.20.